The minimum atomic E-state index is -3.77. The Morgan fingerprint density at radius 2 is 1.85 bits per heavy atom. The van der Waals surface area contributed by atoms with Crippen LogP contribution in [0.5, 0.6) is 0 Å². The van der Waals surface area contributed by atoms with E-state index in [-0.39, 0.29) is 20.9 Å². The molecule has 1 aromatic heterocycles. The van der Waals surface area contributed by atoms with Gasteiger partial charge in [0.15, 0.2) is 9.84 Å². The molecule has 3 rings (SSSR count). The van der Waals surface area contributed by atoms with Gasteiger partial charge in [-0.15, -0.1) is 10.2 Å². The van der Waals surface area contributed by atoms with E-state index in [1.807, 2.05) is 0 Å². The lowest BCUT2D eigenvalue weighted by Gasteiger charge is -2.04. The molecule has 0 spiro atoms. The van der Waals surface area contributed by atoms with E-state index in [0.29, 0.717) is 10.6 Å². The molecule has 2 aromatic carbocycles. The molecule has 0 atom stereocenters. The van der Waals surface area contributed by atoms with E-state index >= 15 is 0 Å². The first-order valence-electron chi connectivity index (χ1n) is 7.00. The maximum Gasteiger partial charge on any atom is 0.301 e. The van der Waals surface area contributed by atoms with Gasteiger partial charge in [-0.3, -0.25) is 10.1 Å². The molecule has 0 unspecified atom stereocenters. The third-order valence-electron chi connectivity index (χ3n) is 3.24. The molecule has 0 saturated heterocycles. The minimum Gasteiger partial charge on any atom is -0.411 e. The van der Waals surface area contributed by atoms with Crippen LogP contribution in [0.2, 0.25) is 5.02 Å². The molecule has 0 bridgehead atoms. The molecule has 0 radical (unpaired) electrons. The zero-order valence-corrected chi connectivity index (χ0v) is 15.5. The van der Waals surface area contributed by atoms with Crippen molar-refractivity contribution in [2.75, 3.05) is 6.26 Å². The number of benzene rings is 2. The monoisotopic (exact) mass is 411 g/mol. The Kier molecular flexibility index (Phi) is 4.99. The summed E-state index contributed by atoms with van der Waals surface area (Å²) in [5.74, 6) is 0.214. The summed E-state index contributed by atoms with van der Waals surface area (Å²) in [5.41, 5.74) is 0.111. The summed E-state index contributed by atoms with van der Waals surface area (Å²) in [6.07, 6.45) is 0.912. The van der Waals surface area contributed by atoms with Crippen LogP contribution in [0.4, 0.5) is 5.69 Å². The molecule has 134 valence electrons. The molecule has 0 amide bonds. The van der Waals surface area contributed by atoms with Crippen molar-refractivity contribution in [1.29, 1.82) is 0 Å². The maximum absolute atomic E-state index is 11.8. The van der Waals surface area contributed by atoms with Crippen molar-refractivity contribution >= 4 is 38.9 Å². The van der Waals surface area contributed by atoms with Crippen LogP contribution in [0, 0.1) is 10.1 Å². The largest absolute Gasteiger partial charge is 0.411 e. The van der Waals surface area contributed by atoms with Gasteiger partial charge in [-0.25, -0.2) is 8.42 Å². The molecule has 0 aliphatic carbocycles. The van der Waals surface area contributed by atoms with E-state index in [1.165, 1.54) is 18.2 Å². The molecule has 0 saturated carbocycles. The van der Waals surface area contributed by atoms with Gasteiger partial charge in [0.1, 0.15) is 4.90 Å². The van der Waals surface area contributed by atoms with Gasteiger partial charge in [0.05, 0.1) is 9.82 Å². The Balaban J connectivity index is 1.97. The van der Waals surface area contributed by atoms with Crippen molar-refractivity contribution in [2.45, 2.75) is 15.0 Å². The summed E-state index contributed by atoms with van der Waals surface area (Å²) in [5, 5.41) is 19.7. The highest BCUT2D eigenvalue weighted by atomic mass is 35.5. The molecule has 11 heteroatoms. The third kappa shape index (κ3) is 3.87. The maximum atomic E-state index is 11.8. The van der Waals surface area contributed by atoms with Crippen LogP contribution in [0.25, 0.3) is 11.5 Å². The number of hydrogen-bond acceptors (Lipinski definition) is 8. The predicted octanol–water partition coefficient (Wildman–Crippen LogP) is 3.85. The average molecular weight is 412 g/mol. The van der Waals surface area contributed by atoms with Gasteiger partial charge >= 0.3 is 5.69 Å². The quantitative estimate of drug-likeness (QED) is 0.459. The van der Waals surface area contributed by atoms with Gasteiger partial charge in [-0.2, -0.15) is 0 Å². The van der Waals surface area contributed by atoms with E-state index in [9.17, 15) is 18.5 Å². The van der Waals surface area contributed by atoms with Crippen molar-refractivity contribution < 1.29 is 17.8 Å². The second kappa shape index (κ2) is 7.06. The highest BCUT2D eigenvalue weighted by Gasteiger charge is 2.27. The minimum absolute atomic E-state index is 0.0451. The van der Waals surface area contributed by atoms with Crippen molar-refractivity contribution in [3.8, 4) is 11.5 Å². The van der Waals surface area contributed by atoms with Crippen LogP contribution >= 0.6 is 23.4 Å². The Hall–Kier alpha value is -2.43. The second-order valence-corrected chi connectivity index (χ2v) is 8.53. The van der Waals surface area contributed by atoms with Gasteiger partial charge in [-0.1, -0.05) is 17.7 Å². The fraction of sp³-hybridized carbons (Fsp3) is 0.0667. The van der Waals surface area contributed by atoms with Gasteiger partial charge < -0.3 is 4.42 Å². The number of nitro benzene ring substituents is 1. The summed E-state index contributed by atoms with van der Waals surface area (Å²) in [7, 11) is -3.77. The molecular weight excluding hydrogens is 402 g/mol. The molecule has 1 heterocycles. The highest BCUT2D eigenvalue weighted by Crippen LogP contribution is 2.38. The van der Waals surface area contributed by atoms with Crippen LogP contribution in [0.15, 0.2) is 61.9 Å². The van der Waals surface area contributed by atoms with E-state index in [4.69, 9.17) is 16.0 Å². The van der Waals surface area contributed by atoms with Crippen LogP contribution in [0.1, 0.15) is 0 Å². The number of aromatic nitrogens is 2. The van der Waals surface area contributed by atoms with E-state index < -0.39 is 20.4 Å². The second-order valence-electron chi connectivity index (χ2n) is 5.11. The molecule has 0 N–H and O–H groups in total. The topological polar surface area (TPSA) is 116 Å². The fourth-order valence-corrected chi connectivity index (χ4v) is 3.99. The number of sulfone groups is 1. The molecule has 0 aliphatic heterocycles. The van der Waals surface area contributed by atoms with Crippen LogP contribution in [0.3, 0.4) is 0 Å². The van der Waals surface area contributed by atoms with E-state index in [1.54, 1.807) is 24.3 Å². The van der Waals surface area contributed by atoms with Crippen molar-refractivity contribution in [1.82, 2.24) is 10.2 Å². The third-order valence-corrected chi connectivity index (χ3v) is 5.51. The summed E-state index contributed by atoms with van der Waals surface area (Å²) in [4.78, 5) is 10.4. The van der Waals surface area contributed by atoms with Crippen LogP contribution in [-0.2, 0) is 9.84 Å². The zero-order valence-electron chi connectivity index (χ0n) is 13.1. The SMILES string of the molecule is CS(=O)(=O)c1cccc(Sc2nnc(-c3ccc(Cl)cc3)o2)c1[N+](=O)[O-]. The Bertz CT molecular complexity index is 1080. The first-order chi connectivity index (χ1) is 12.3. The average Bonchev–Trinajstić information content (AvgIpc) is 3.03. The summed E-state index contributed by atoms with van der Waals surface area (Å²) in [6.45, 7) is 0. The van der Waals surface area contributed by atoms with Gasteiger partial charge in [0, 0.05) is 16.8 Å². The summed E-state index contributed by atoms with van der Waals surface area (Å²) in [6, 6.07) is 10.7. The standard InChI is InChI=1S/C15H10ClN3O5S2/c1-26(22,23)12-4-2-3-11(13(12)19(20)21)25-15-18-17-14(24-15)9-5-7-10(16)8-6-9/h2-8H,1H3. The molecule has 0 fully saturated rings. The first-order valence-corrected chi connectivity index (χ1v) is 10.1. The van der Waals surface area contributed by atoms with E-state index in [0.717, 1.165) is 18.0 Å². The van der Waals surface area contributed by atoms with Gasteiger partial charge in [-0.05, 0) is 48.2 Å². The van der Waals surface area contributed by atoms with Crippen LogP contribution < -0.4 is 0 Å². The lowest BCUT2D eigenvalue weighted by atomic mass is 10.2. The van der Waals surface area contributed by atoms with E-state index in [2.05, 4.69) is 10.2 Å². The number of nitrogens with zero attached hydrogens (tertiary/aromatic N) is 3. The lowest BCUT2D eigenvalue weighted by Crippen LogP contribution is -2.03. The Labute approximate surface area is 157 Å². The lowest BCUT2D eigenvalue weighted by molar-refractivity contribution is -0.390. The fourth-order valence-electron chi connectivity index (χ4n) is 2.12. The molecular formula is C15H10ClN3O5S2. The highest BCUT2D eigenvalue weighted by molar-refractivity contribution is 7.99. The van der Waals surface area contributed by atoms with Crippen molar-refractivity contribution in [2.24, 2.45) is 0 Å². The molecule has 8 nitrogen and oxygen atoms in total. The summed E-state index contributed by atoms with van der Waals surface area (Å²) >= 11 is 6.65. The number of nitro groups is 1. The number of rotatable bonds is 5. The number of hydrogen-bond donors (Lipinski definition) is 0. The molecule has 3 aromatic rings. The smallest absolute Gasteiger partial charge is 0.301 e. The van der Waals surface area contributed by atoms with Gasteiger partial charge in [0.2, 0.25) is 5.89 Å². The Morgan fingerprint density at radius 3 is 2.46 bits per heavy atom. The number of para-hydroxylation sites is 1. The van der Waals surface area contributed by atoms with Crippen LogP contribution in [-0.4, -0.2) is 29.8 Å². The molecule has 0 aliphatic rings. The zero-order chi connectivity index (χ0) is 18.9. The summed E-state index contributed by atoms with van der Waals surface area (Å²) < 4.78 is 29.1. The first kappa shape index (κ1) is 18.4. The number of halogens is 1. The molecule has 26 heavy (non-hydrogen) atoms. The predicted molar refractivity (Wildman–Crippen MR) is 95.1 cm³/mol. The normalized spacial score (nSPS) is 11.5. The Morgan fingerprint density at radius 1 is 1.15 bits per heavy atom. The van der Waals surface area contributed by atoms with Crippen molar-refractivity contribution in [3.05, 3.63) is 57.6 Å². The van der Waals surface area contributed by atoms with Gasteiger partial charge in [0.25, 0.3) is 5.22 Å². The van der Waals surface area contributed by atoms with Crippen molar-refractivity contribution in [3.63, 3.8) is 0 Å².